The molecule has 23 heavy (non-hydrogen) atoms. The van der Waals surface area contributed by atoms with Crippen molar-refractivity contribution in [1.29, 1.82) is 0 Å². The quantitative estimate of drug-likeness (QED) is 0.849. The second kappa shape index (κ2) is 7.24. The molecular weight excluding hydrogens is 288 g/mol. The molecule has 0 unspecified atom stereocenters. The Hall–Kier alpha value is -2.40. The molecule has 5 heteroatoms. The highest BCUT2D eigenvalue weighted by Crippen LogP contribution is 2.06. The van der Waals surface area contributed by atoms with Gasteiger partial charge in [-0.25, -0.2) is 4.98 Å². The fourth-order valence-corrected chi connectivity index (χ4v) is 3.01. The van der Waals surface area contributed by atoms with Gasteiger partial charge < -0.3 is 10.2 Å². The van der Waals surface area contributed by atoms with Crippen LogP contribution in [0.5, 0.6) is 0 Å². The molecule has 1 aromatic heterocycles. The molecule has 1 amide bonds. The predicted octanol–water partition coefficient (Wildman–Crippen LogP) is 0.233. The maximum absolute atomic E-state index is 12.4. The molecule has 1 aliphatic heterocycles. The second-order valence-electron chi connectivity index (χ2n) is 5.97. The van der Waals surface area contributed by atoms with Crippen LogP contribution in [0, 0.1) is 0 Å². The molecule has 1 saturated heterocycles. The molecule has 1 aromatic carbocycles. The van der Waals surface area contributed by atoms with Gasteiger partial charge in [0.2, 0.25) is 0 Å². The first-order valence-corrected chi connectivity index (χ1v) is 8.16. The minimum atomic E-state index is -0.0443. The number of carbonyl (C=O) groups is 1. The fraction of sp³-hybridized carbons (Fsp3) is 0.333. The number of aromatic nitrogens is 1. The van der Waals surface area contributed by atoms with Crippen molar-refractivity contribution in [3.63, 3.8) is 0 Å². The van der Waals surface area contributed by atoms with Crippen molar-refractivity contribution < 1.29 is 14.7 Å². The molecule has 3 N–H and O–H groups in total. The molecule has 0 bridgehead atoms. The second-order valence-corrected chi connectivity index (χ2v) is 5.97. The van der Waals surface area contributed by atoms with Gasteiger partial charge in [-0.2, -0.15) is 0 Å². The first-order valence-electron chi connectivity index (χ1n) is 8.16. The Labute approximate surface area is 136 Å². The van der Waals surface area contributed by atoms with Crippen LogP contribution < -0.4 is 20.1 Å². The Morgan fingerprint density at radius 2 is 1.83 bits per heavy atom. The largest absolute Gasteiger partial charge is 0.321 e. The first kappa shape index (κ1) is 15.5. The molecule has 1 atom stereocenters. The fourth-order valence-electron chi connectivity index (χ4n) is 3.01. The minimum Gasteiger partial charge on any atom is -0.321 e. The Bertz CT molecular complexity index is 624. The van der Waals surface area contributed by atoms with E-state index in [1.807, 2.05) is 55.6 Å². The van der Waals surface area contributed by atoms with Crippen molar-refractivity contribution in [3.8, 4) is 0 Å². The van der Waals surface area contributed by atoms with E-state index < -0.39 is 0 Å². The summed E-state index contributed by atoms with van der Waals surface area (Å²) in [6, 6.07) is 15.7. The van der Waals surface area contributed by atoms with E-state index in [-0.39, 0.29) is 11.9 Å². The number of aromatic amines is 1. The normalized spacial score (nSPS) is 16.8. The van der Waals surface area contributed by atoms with Gasteiger partial charge >= 0.3 is 0 Å². The lowest BCUT2D eigenvalue weighted by Crippen LogP contribution is -3.19. The van der Waals surface area contributed by atoms with Crippen molar-refractivity contribution in [2.45, 2.75) is 13.0 Å². The van der Waals surface area contributed by atoms with E-state index in [0.29, 0.717) is 0 Å². The number of para-hydroxylation sites is 1. The summed E-state index contributed by atoms with van der Waals surface area (Å²) in [7, 11) is 0. The molecule has 5 nitrogen and oxygen atoms in total. The standard InChI is InChI=1S/C18H22N4O/c1-15(18(23)20-16-7-3-2-4-8-16)21-11-13-22(14-12-21)17-9-5-6-10-19-17/h2-10,15H,11-14H2,1H3,(H,20,23)/p+2/t15-/m1/s1. The van der Waals surface area contributed by atoms with Crippen molar-refractivity contribution in [1.82, 2.24) is 0 Å². The van der Waals surface area contributed by atoms with E-state index in [9.17, 15) is 4.79 Å². The molecule has 1 fully saturated rings. The summed E-state index contributed by atoms with van der Waals surface area (Å²) in [5.41, 5.74) is 0.862. The van der Waals surface area contributed by atoms with Gasteiger partial charge in [-0.3, -0.25) is 9.69 Å². The smallest absolute Gasteiger partial charge is 0.282 e. The van der Waals surface area contributed by atoms with E-state index in [2.05, 4.69) is 21.3 Å². The van der Waals surface area contributed by atoms with E-state index >= 15 is 0 Å². The number of benzene rings is 1. The average Bonchev–Trinajstić information content (AvgIpc) is 2.63. The minimum absolute atomic E-state index is 0.0443. The maximum atomic E-state index is 12.4. The Balaban J connectivity index is 1.53. The number of hydrogen-bond acceptors (Lipinski definition) is 2. The third kappa shape index (κ3) is 3.87. The van der Waals surface area contributed by atoms with Gasteiger partial charge in [-0.05, 0) is 25.1 Å². The molecule has 2 heterocycles. The highest BCUT2D eigenvalue weighted by molar-refractivity contribution is 5.93. The number of hydrogen-bond donors (Lipinski definition) is 2. The Morgan fingerprint density at radius 3 is 2.48 bits per heavy atom. The van der Waals surface area contributed by atoms with Crippen molar-refractivity contribution >= 4 is 17.4 Å². The lowest BCUT2D eigenvalue weighted by molar-refractivity contribution is -0.914. The van der Waals surface area contributed by atoms with Crippen molar-refractivity contribution in [3.05, 3.63) is 54.7 Å². The third-order valence-corrected chi connectivity index (χ3v) is 4.49. The van der Waals surface area contributed by atoms with Crippen molar-refractivity contribution in [2.75, 3.05) is 36.4 Å². The lowest BCUT2D eigenvalue weighted by atomic mass is 10.2. The van der Waals surface area contributed by atoms with Gasteiger partial charge in [0.15, 0.2) is 6.04 Å². The zero-order chi connectivity index (χ0) is 16.1. The van der Waals surface area contributed by atoms with Crippen LogP contribution in [0.2, 0.25) is 0 Å². The summed E-state index contributed by atoms with van der Waals surface area (Å²) in [6.07, 6.45) is 1.95. The third-order valence-electron chi connectivity index (χ3n) is 4.49. The van der Waals surface area contributed by atoms with Crippen LogP contribution in [0.3, 0.4) is 0 Å². The molecule has 0 aliphatic carbocycles. The highest BCUT2D eigenvalue weighted by atomic mass is 16.2. The maximum Gasteiger partial charge on any atom is 0.282 e. The van der Waals surface area contributed by atoms with Gasteiger partial charge in [0.25, 0.3) is 11.7 Å². The number of anilines is 2. The summed E-state index contributed by atoms with van der Waals surface area (Å²) in [4.78, 5) is 19.4. The summed E-state index contributed by atoms with van der Waals surface area (Å²) >= 11 is 0. The van der Waals surface area contributed by atoms with Gasteiger partial charge in [0.1, 0.15) is 26.2 Å². The summed E-state index contributed by atoms with van der Waals surface area (Å²) in [5.74, 6) is 1.24. The van der Waals surface area contributed by atoms with Crippen LogP contribution in [-0.2, 0) is 4.79 Å². The lowest BCUT2D eigenvalue weighted by Gasteiger charge is -2.31. The first-order chi connectivity index (χ1) is 11.2. The molecule has 0 spiro atoms. The molecule has 1 aliphatic rings. The summed E-state index contributed by atoms with van der Waals surface area (Å²) < 4.78 is 0. The number of nitrogens with zero attached hydrogens (tertiary/aromatic N) is 1. The Kier molecular flexibility index (Phi) is 4.88. The van der Waals surface area contributed by atoms with Crippen LogP contribution in [0.1, 0.15) is 6.92 Å². The molecule has 0 saturated carbocycles. The number of quaternary nitrogens is 1. The van der Waals surface area contributed by atoms with E-state index in [4.69, 9.17) is 0 Å². The Morgan fingerprint density at radius 1 is 1.13 bits per heavy atom. The molecule has 120 valence electrons. The number of piperazine rings is 1. The molecule has 0 radical (unpaired) electrons. The van der Waals surface area contributed by atoms with E-state index in [0.717, 1.165) is 37.7 Å². The summed E-state index contributed by atoms with van der Waals surface area (Å²) in [5, 5.41) is 3.00. The van der Waals surface area contributed by atoms with Gasteiger partial charge in [-0.15, -0.1) is 0 Å². The average molecular weight is 312 g/mol. The SMILES string of the molecule is C[C@H](C(=O)Nc1ccccc1)[NH+]1CCN(c2cccc[nH+]2)CC1. The van der Waals surface area contributed by atoms with Crippen LogP contribution in [0.15, 0.2) is 54.7 Å². The molecule has 3 rings (SSSR count). The summed E-state index contributed by atoms with van der Waals surface area (Å²) in [6.45, 7) is 5.85. The van der Waals surface area contributed by atoms with Crippen molar-refractivity contribution in [2.24, 2.45) is 0 Å². The number of amides is 1. The van der Waals surface area contributed by atoms with E-state index in [1.165, 1.54) is 4.90 Å². The van der Waals surface area contributed by atoms with Crippen LogP contribution in [0.4, 0.5) is 11.5 Å². The van der Waals surface area contributed by atoms with Gasteiger partial charge in [0, 0.05) is 11.8 Å². The van der Waals surface area contributed by atoms with Gasteiger partial charge in [-0.1, -0.05) is 24.3 Å². The van der Waals surface area contributed by atoms with E-state index in [1.54, 1.807) is 0 Å². The molecule has 2 aromatic rings. The highest BCUT2D eigenvalue weighted by Gasteiger charge is 2.32. The monoisotopic (exact) mass is 312 g/mol. The topological polar surface area (TPSA) is 50.9 Å². The number of nitrogens with one attached hydrogen (secondary N) is 3. The predicted molar refractivity (Wildman–Crippen MR) is 90.4 cm³/mol. The number of carbonyl (C=O) groups excluding carboxylic acids is 1. The van der Waals surface area contributed by atoms with Crippen LogP contribution >= 0.6 is 0 Å². The van der Waals surface area contributed by atoms with Gasteiger partial charge in [0.05, 0.1) is 6.20 Å². The van der Waals surface area contributed by atoms with Crippen LogP contribution in [0.25, 0.3) is 0 Å². The zero-order valence-electron chi connectivity index (χ0n) is 13.5. The zero-order valence-corrected chi connectivity index (χ0v) is 13.5. The number of pyridine rings is 1. The number of H-pyrrole nitrogens is 1. The number of rotatable bonds is 4. The van der Waals surface area contributed by atoms with Crippen LogP contribution in [-0.4, -0.2) is 38.1 Å². The molecular formula is C18H24N4O+2.